The van der Waals surface area contributed by atoms with Gasteiger partial charge in [-0.3, -0.25) is 0 Å². The Morgan fingerprint density at radius 3 is 2.53 bits per heavy atom. The minimum Gasteiger partial charge on any atom is -0.330 e. The lowest BCUT2D eigenvalue weighted by Gasteiger charge is -2.11. The van der Waals surface area contributed by atoms with E-state index in [0.717, 1.165) is 23.7 Å². The van der Waals surface area contributed by atoms with Gasteiger partial charge in [-0.2, -0.15) is 0 Å². The summed E-state index contributed by atoms with van der Waals surface area (Å²) in [6, 6.07) is 8.93. The quantitative estimate of drug-likeness (QED) is 0.852. The van der Waals surface area contributed by atoms with Crippen LogP contribution in [0.2, 0.25) is 0 Å². The fourth-order valence-electron chi connectivity index (χ4n) is 1.92. The Morgan fingerprint density at radius 2 is 1.95 bits per heavy atom. The highest BCUT2D eigenvalue weighted by atomic mass is 32.1. The molecule has 1 atom stereocenters. The van der Waals surface area contributed by atoms with E-state index in [4.69, 9.17) is 5.73 Å². The molecule has 1 heterocycles. The zero-order valence-electron chi connectivity index (χ0n) is 11.5. The van der Waals surface area contributed by atoms with Gasteiger partial charge >= 0.3 is 0 Å². The Hall–Kier alpha value is -1.23. The highest BCUT2D eigenvalue weighted by Gasteiger charge is 2.08. The first kappa shape index (κ1) is 14.2. The maximum atomic E-state index is 5.55. The van der Waals surface area contributed by atoms with Crippen LogP contribution < -0.4 is 11.1 Å². The van der Waals surface area contributed by atoms with E-state index in [2.05, 4.69) is 46.9 Å². The van der Waals surface area contributed by atoms with Crippen LogP contribution in [0.4, 0.5) is 0 Å². The van der Waals surface area contributed by atoms with Gasteiger partial charge in [0.05, 0.1) is 6.04 Å². The molecule has 1 aromatic carbocycles. The molecule has 0 amide bonds. The second-order valence-electron chi connectivity index (χ2n) is 4.78. The van der Waals surface area contributed by atoms with E-state index in [-0.39, 0.29) is 0 Å². The molecule has 0 bridgehead atoms. The predicted octanol–water partition coefficient (Wildman–Crippen LogP) is 2.80. The lowest BCUT2D eigenvalue weighted by molar-refractivity contribution is 0.571. The average Bonchev–Trinajstić information content (AvgIpc) is 2.85. The van der Waals surface area contributed by atoms with Gasteiger partial charge < -0.3 is 11.1 Å². The van der Waals surface area contributed by atoms with Crippen molar-refractivity contribution < 1.29 is 0 Å². The Kier molecular flexibility index (Phi) is 5.07. The van der Waals surface area contributed by atoms with E-state index in [9.17, 15) is 0 Å². The summed E-state index contributed by atoms with van der Waals surface area (Å²) in [4.78, 5) is 4.50. The van der Waals surface area contributed by atoms with Crippen LogP contribution in [0.3, 0.4) is 0 Å². The van der Waals surface area contributed by atoms with Crippen molar-refractivity contribution >= 4 is 11.3 Å². The topological polar surface area (TPSA) is 50.9 Å². The Morgan fingerprint density at radius 1 is 1.26 bits per heavy atom. The number of benzene rings is 1. The normalized spacial score (nSPS) is 12.6. The molecular weight excluding hydrogens is 254 g/mol. The molecule has 1 unspecified atom stereocenters. The maximum absolute atomic E-state index is 5.55. The van der Waals surface area contributed by atoms with Crippen molar-refractivity contribution in [2.24, 2.45) is 5.73 Å². The number of rotatable bonds is 6. The summed E-state index contributed by atoms with van der Waals surface area (Å²) in [5, 5.41) is 6.75. The molecule has 19 heavy (non-hydrogen) atoms. The second kappa shape index (κ2) is 6.80. The number of nitrogens with zero attached hydrogens (tertiary/aromatic N) is 1. The molecule has 0 aliphatic carbocycles. The van der Waals surface area contributed by atoms with Crippen molar-refractivity contribution in [3.05, 3.63) is 51.5 Å². The van der Waals surface area contributed by atoms with E-state index in [1.807, 2.05) is 6.92 Å². The average molecular weight is 275 g/mol. The summed E-state index contributed by atoms with van der Waals surface area (Å²) in [5.41, 5.74) is 9.24. The molecule has 0 fully saturated rings. The Labute approximate surface area is 118 Å². The van der Waals surface area contributed by atoms with E-state index in [0.29, 0.717) is 12.6 Å². The van der Waals surface area contributed by atoms with Gasteiger partial charge in [-0.1, -0.05) is 24.3 Å². The first-order valence-electron chi connectivity index (χ1n) is 6.62. The van der Waals surface area contributed by atoms with Gasteiger partial charge in [0.15, 0.2) is 0 Å². The third-order valence-corrected chi connectivity index (χ3v) is 4.22. The van der Waals surface area contributed by atoms with Crippen LogP contribution in [0.25, 0.3) is 0 Å². The highest BCUT2D eigenvalue weighted by Crippen LogP contribution is 2.18. The molecule has 0 aliphatic heterocycles. The molecule has 0 saturated carbocycles. The lowest BCUT2D eigenvalue weighted by Crippen LogP contribution is -2.18. The van der Waals surface area contributed by atoms with Gasteiger partial charge in [-0.15, -0.1) is 11.3 Å². The Bertz CT molecular complexity index is 504. The largest absolute Gasteiger partial charge is 0.330 e. The van der Waals surface area contributed by atoms with Crippen LogP contribution in [0.1, 0.15) is 34.8 Å². The standard InChI is InChI=1S/C15H21N3S/c1-11-10-19-15(18-11)12(2)17-9-14-5-3-13(4-6-14)7-8-16/h3-6,10,12,17H,7-9,16H2,1-2H3. The van der Waals surface area contributed by atoms with Gasteiger partial charge in [0.1, 0.15) is 5.01 Å². The third-order valence-electron chi connectivity index (χ3n) is 3.08. The summed E-state index contributed by atoms with van der Waals surface area (Å²) in [5.74, 6) is 0. The fraction of sp³-hybridized carbons (Fsp3) is 0.400. The molecule has 2 aromatic rings. The van der Waals surface area contributed by atoms with Gasteiger partial charge in [0.25, 0.3) is 0 Å². The molecule has 2 rings (SSSR count). The van der Waals surface area contributed by atoms with Crippen molar-refractivity contribution in [1.82, 2.24) is 10.3 Å². The fourth-order valence-corrected chi connectivity index (χ4v) is 2.75. The number of hydrogen-bond acceptors (Lipinski definition) is 4. The van der Waals surface area contributed by atoms with Crippen molar-refractivity contribution in [1.29, 1.82) is 0 Å². The number of nitrogens with one attached hydrogen (secondary N) is 1. The maximum Gasteiger partial charge on any atom is 0.110 e. The molecule has 0 spiro atoms. The van der Waals surface area contributed by atoms with E-state index in [1.165, 1.54) is 11.1 Å². The second-order valence-corrected chi connectivity index (χ2v) is 5.67. The SMILES string of the molecule is Cc1csc(C(C)NCc2ccc(CCN)cc2)n1. The van der Waals surface area contributed by atoms with Crippen molar-refractivity contribution in [2.75, 3.05) is 6.54 Å². The first-order valence-corrected chi connectivity index (χ1v) is 7.50. The number of nitrogens with two attached hydrogens (primary N) is 1. The predicted molar refractivity (Wildman–Crippen MR) is 81.3 cm³/mol. The number of hydrogen-bond donors (Lipinski definition) is 2. The summed E-state index contributed by atoms with van der Waals surface area (Å²) in [7, 11) is 0. The first-order chi connectivity index (χ1) is 9.19. The Balaban J connectivity index is 1.87. The number of thiazole rings is 1. The molecule has 3 N–H and O–H groups in total. The van der Waals surface area contributed by atoms with Gasteiger partial charge in [-0.25, -0.2) is 4.98 Å². The number of aromatic nitrogens is 1. The summed E-state index contributed by atoms with van der Waals surface area (Å²) in [6.45, 7) is 5.75. The monoisotopic (exact) mass is 275 g/mol. The summed E-state index contributed by atoms with van der Waals surface area (Å²) < 4.78 is 0. The summed E-state index contributed by atoms with van der Waals surface area (Å²) >= 11 is 1.71. The number of aryl methyl sites for hydroxylation is 1. The van der Waals surface area contributed by atoms with Crippen LogP contribution >= 0.6 is 11.3 Å². The molecule has 0 aliphatic rings. The van der Waals surface area contributed by atoms with Gasteiger partial charge in [0.2, 0.25) is 0 Å². The van der Waals surface area contributed by atoms with Gasteiger partial charge in [-0.05, 0) is 37.9 Å². The third kappa shape index (κ3) is 4.13. The van der Waals surface area contributed by atoms with Crippen LogP contribution in [0.5, 0.6) is 0 Å². The van der Waals surface area contributed by atoms with Crippen molar-refractivity contribution in [3.8, 4) is 0 Å². The zero-order valence-corrected chi connectivity index (χ0v) is 12.3. The van der Waals surface area contributed by atoms with Crippen LogP contribution in [0, 0.1) is 6.92 Å². The highest BCUT2D eigenvalue weighted by molar-refractivity contribution is 7.09. The molecule has 102 valence electrons. The smallest absolute Gasteiger partial charge is 0.110 e. The molecule has 0 radical (unpaired) electrons. The van der Waals surface area contributed by atoms with E-state index >= 15 is 0 Å². The molecular formula is C15H21N3S. The molecule has 3 nitrogen and oxygen atoms in total. The van der Waals surface area contributed by atoms with Crippen LogP contribution in [0.15, 0.2) is 29.6 Å². The lowest BCUT2D eigenvalue weighted by atomic mass is 10.1. The minimum atomic E-state index is 0.294. The summed E-state index contributed by atoms with van der Waals surface area (Å²) in [6.07, 6.45) is 0.947. The van der Waals surface area contributed by atoms with Gasteiger partial charge in [0, 0.05) is 17.6 Å². The molecule has 4 heteroatoms. The zero-order chi connectivity index (χ0) is 13.7. The van der Waals surface area contributed by atoms with E-state index < -0.39 is 0 Å². The molecule has 0 saturated heterocycles. The molecule has 1 aromatic heterocycles. The van der Waals surface area contributed by atoms with Crippen molar-refractivity contribution in [2.45, 2.75) is 32.9 Å². The van der Waals surface area contributed by atoms with Crippen LogP contribution in [-0.2, 0) is 13.0 Å². The van der Waals surface area contributed by atoms with Crippen LogP contribution in [-0.4, -0.2) is 11.5 Å². The van der Waals surface area contributed by atoms with Crippen molar-refractivity contribution in [3.63, 3.8) is 0 Å². The van der Waals surface area contributed by atoms with E-state index in [1.54, 1.807) is 11.3 Å². The minimum absolute atomic E-state index is 0.294.